The lowest BCUT2D eigenvalue weighted by molar-refractivity contribution is 0.292. The fourth-order valence-corrected chi connectivity index (χ4v) is 2.82. The smallest absolute Gasteiger partial charge is 0.130 e. The molecule has 2 aromatic rings. The number of hydrogen-bond acceptors (Lipinski definition) is 3. The van der Waals surface area contributed by atoms with Crippen LogP contribution in [0.25, 0.3) is 0 Å². The van der Waals surface area contributed by atoms with Gasteiger partial charge >= 0.3 is 0 Å². The first-order chi connectivity index (χ1) is 9.69. The number of nitrogens with zero attached hydrogens (tertiary/aromatic N) is 2. The van der Waals surface area contributed by atoms with Gasteiger partial charge in [-0.25, -0.2) is 0 Å². The van der Waals surface area contributed by atoms with Crippen molar-refractivity contribution in [3.63, 3.8) is 0 Å². The van der Waals surface area contributed by atoms with Gasteiger partial charge in [0, 0.05) is 13.1 Å². The largest absolute Gasteiger partial charge is 0.487 e. The van der Waals surface area contributed by atoms with E-state index < -0.39 is 0 Å². The van der Waals surface area contributed by atoms with Crippen LogP contribution in [-0.2, 0) is 26.5 Å². The molecule has 0 spiro atoms. The van der Waals surface area contributed by atoms with Gasteiger partial charge in [-0.2, -0.15) is 5.10 Å². The molecule has 0 radical (unpaired) electrons. The maximum atomic E-state index is 6.10. The van der Waals surface area contributed by atoms with Crippen molar-refractivity contribution in [2.75, 3.05) is 0 Å². The minimum Gasteiger partial charge on any atom is -0.487 e. The predicted molar refractivity (Wildman–Crippen MR) is 78.6 cm³/mol. The zero-order valence-corrected chi connectivity index (χ0v) is 12.1. The van der Waals surface area contributed by atoms with E-state index in [1.165, 1.54) is 11.1 Å². The number of hydrogen-bond donors (Lipinski definition) is 1. The summed E-state index contributed by atoms with van der Waals surface area (Å²) in [6, 6.07) is 8.44. The van der Waals surface area contributed by atoms with Crippen molar-refractivity contribution in [3.8, 4) is 5.75 Å². The third-order valence-corrected chi connectivity index (χ3v) is 4.04. The van der Waals surface area contributed by atoms with Crippen LogP contribution in [-0.4, -0.2) is 9.78 Å². The Kier molecular flexibility index (Phi) is 3.49. The van der Waals surface area contributed by atoms with Crippen LogP contribution in [0.5, 0.6) is 5.75 Å². The molecule has 1 aromatic heterocycles. The minimum atomic E-state index is 0.164. The van der Waals surface area contributed by atoms with E-state index in [0.29, 0.717) is 6.61 Å². The van der Waals surface area contributed by atoms with E-state index in [1.807, 2.05) is 23.9 Å². The second-order valence-electron chi connectivity index (χ2n) is 5.36. The first-order valence-corrected chi connectivity index (χ1v) is 7.21. The average molecular weight is 271 g/mol. The van der Waals surface area contributed by atoms with Crippen LogP contribution in [0, 0.1) is 0 Å². The minimum absolute atomic E-state index is 0.164. The van der Waals surface area contributed by atoms with Gasteiger partial charge in [0.2, 0.25) is 0 Å². The molecule has 1 aromatic carbocycles. The number of benzene rings is 1. The van der Waals surface area contributed by atoms with Crippen LogP contribution in [0.3, 0.4) is 0 Å². The Bertz CT molecular complexity index is 618. The quantitative estimate of drug-likeness (QED) is 0.929. The van der Waals surface area contributed by atoms with Gasteiger partial charge in [-0.15, -0.1) is 0 Å². The standard InChI is InChI=1S/C16H21N3O/c1-3-11-9-12(19(2)18-11)10-20-16-6-4-5-13-14(16)7-8-15(13)17/h4-6,9,15H,3,7-8,10,17H2,1-2H3. The van der Waals surface area contributed by atoms with Crippen LogP contribution in [0.2, 0.25) is 0 Å². The first-order valence-electron chi connectivity index (χ1n) is 7.21. The average Bonchev–Trinajstić information content (AvgIpc) is 3.01. The second-order valence-corrected chi connectivity index (χ2v) is 5.36. The fraction of sp³-hybridized carbons (Fsp3) is 0.438. The highest BCUT2D eigenvalue weighted by Crippen LogP contribution is 2.35. The summed E-state index contributed by atoms with van der Waals surface area (Å²) in [5.41, 5.74) is 10.8. The van der Waals surface area contributed by atoms with Crippen molar-refractivity contribution in [1.82, 2.24) is 9.78 Å². The molecular weight excluding hydrogens is 250 g/mol. The molecular formula is C16H21N3O. The predicted octanol–water partition coefficient (Wildman–Crippen LogP) is 2.51. The van der Waals surface area contributed by atoms with E-state index in [1.54, 1.807) is 0 Å². The van der Waals surface area contributed by atoms with Crippen LogP contribution < -0.4 is 10.5 Å². The fourth-order valence-electron chi connectivity index (χ4n) is 2.82. The monoisotopic (exact) mass is 271 g/mol. The van der Waals surface area contributed by atoms with Gasteiger partial charge in [-0.3, -0.25) is 4.68 Å². The van der Waals surface area contributed by atoms with Crippen molar-refractivity contribution in [2.45, 2.75) is 38.8 Å². The SMILES string of the molecule is CCc1cc(COc2cccc3c2CCC3N)n(C)n1. The number of aryl methyl sites for hydroxylation is 2. The molecule has 1 unspecified atom stereocenters. The molecule has 0 fully saturated rings. The highest BCUT2D eigenvalue weighted by molar-refractivity contribution is 5.45. The summed E-state index contributed by atoms with van der Waals surface area (Å²) < 4.78 is 7.90. The van der Waals surface area contributed by atoms with Gasteiger partial charge in [-0.05, 0) is 42.5 Å². The number of rotatable bonds is 4. The number of fused-ring (bicyclic) bond motifs is 1. The van der Waals surface area contributed by atoms with E-state index in [0.717, 1.165) is 36.4 Å². The van der Waals surface area contributed by atoms with Crippen molar-refractivity contribution in [3.05, 3.63) is 46.8 Å². The molecule has 3 rings (SSSR count). The third kappa shape index (κ3) is 2.31. The van der Waals surface area contributed by atoms with E-state index >= 15 is 0 Å². The van der Waals surface area contributed by atoms with Gasteiger partial charge in [0.05, 0.1) is 11.4 Å². The molecule has 0 aliphatic heterocycles. The van der Waals surface area contributed by atoms with Crippen molar-refractivity contribution < 1.29 is 4.74 Å². The molecule has 2 N–H and O–H groups in total. The van der Waals surface area contributed by atoms with Crippen molar-refractivity contribution in [1.29, 1.82) is 0 Å². The maximum Gasteiger partial charge on any atom is 0.130 e. The summed E-state index contributed by atoms with van der Waals surface area (Å²) in [7, 11) is 1.96. The van der Waals surface area contributed by atoms with Crippen molar-refractivity contribution >= 4 is 0 Å². The Morgan fingerprint density at radius 3 is 3.05 bits per heavy atom. The van der Waals surface area contributed by atoms with Crippen LogP contribution in [0.1, 0.15) is 41.9 Å². The normalized spacial score (nSPS) is 17.2. The second kappa shape index (κ2) is 5.29. The first kappa shape index (κ1) is 13.2. The van der Waals surface area contributed by atoms with E-state index in [2.05, 4.69) is 24.2 Å². The topological polar surface area (TPSA) is 53.1 Å². The lowest BCUT2D eigenvalue weighted by atomic mass is 10.1. The highest BCUT2D eigenvalue weighted by Gasteiger charge is 2.22. The van der Waals surface area contributed by atoms with Gasteiger partial charge in [-0.1, -0.05) is 19.1 Å². The molecule has 0 amide bonds. The molecule has 0 saturated heterocycles. The molecule has 1 aliphatic rings. The molecule has 1 aliphatic carbocycles. The Balaban J connectivity index is 1.77. The summed E-state index contributed by atoms with van der Waals surface area (Å²) >= 11 is 0. The summed E-state index contributed by atoms with van der Waals surface area (Å²) in [5, 5.41) is 4.44. The van der Waals surface area contributed by atoms with Crippen LogP contribution in [0.15, 0.2) is 24.3 Å². The summed E-state index contributed by atoms with van der Waals surface area (Å²) in [6.45, 7) is 2.66. The summed E-state index contributed by atoms with van der Waals surface area (Å²) in [5.74, 6) is 0.967. The lowest BCUT2D eigenvalue weighted by Gasteiger charge is -2.11. The number of nitrogens with two attached hydrogens (primary N) is 1. The molecule has 0 saturated carbocycles. The zero-order valence-electron chi connectivity index (χ0n) is 12.1. The Hall–Kier alpha value is -1.81. The van der Waals surface area contributed by atoms with Gasteiger partial charge in [0.15, 0.2) is 0 Å². The maximum absolute atomic E-state index is 6.10. The number of ether oxygens (including phenoxy) is 1. The molecule has 20 heavy (non-hydrogen) atoms. The molecule has 4 nitrogen and oxygen atoms in total. The van der Waals surface area contributed by atoms with Gasteiger partial charge < -0.3 is 10.5 Å². The lowest BCUT2D eigenvalue weighted by Crippen LogP contribution is -2.06. The van der Waals surface area contributed by atoms with E-state index in [4.69, 9.17) is 10.5 Å². The summed E-state index contributed by atoms with van der Waals surface area (Å²) in [6.07, 6.45) is 2.98. The van der Waals surface area contributed by atoms with Gasteiger partial charge in [0.25, 0.3) is 0 Å². The van der Waals surface area contributed by atoms with E-state index in [-0.39, 0.29) is 6.04 Å². The molecule has 0 bridgehead atoms. The number of aromatic nitrogens is 2. The zero-order chi connectivity index (χ0) is 14.1. The van der Waals surface area contributed by atoms with E-state index in [9.17, 15) is 0 Å². The Morgan fingerprint density at radius 2 is 2.30 bits per heavy atom. The molecule has 1 atom stereocenters. The van der Waals surface area contributed by atoms with Crippen molar-refractivity contribution in [2.24, 2.45) is 12.8 Å². The molecule has 106 valence electrons. The summed E-state index contributed by atoms with van der Waals surface area (Å²) in [4.78, 5) is 0. The van der Waals surface area contributed by atoms with Crippen LogP contribution >= 0.6 is 0 Å². The van der Waals surface area contributed by atoms with Crippen LogP contribution in [0.4, 0.5) is 0 Å². The molecule has 4 heteroatoms. The molecule has 1 heterocycles. The van der Waals surface area contributed by atoms with Gasteiger partial charge in [0.1, 0.15) is 12.4 Å². The third-order valence-electron chi connectivity index (χ3n) is 4.04. The highest BCUT2D eigenvalue weighted by atomic mass is 16.5. The Morgan fingerprint density at radius 1 is 1.45 bits per heavy atom. The Labute approximate surface area is 119 Å².